The Morgan fingerprint density at radius 1 is 1.44 bits per heavy atom. The van der Waals surface area contributed by atoms with Crippen molar-refractivity contribution in [1.82, 2.24) is 0 Å². The zero-order chi connectivity index (χ0) is 13.4. The Hall–Kier alpha value is -1.33. The molecule has 102 valence electrons. The molecule has 1 heterocycles. The van der Waals surface area contributed by atoms with Crippen molar-refractivity contribution < 1.29 is 24.1 Å². The number of carbonyl (C=O) groups excluding carboxylic acids is 1. The van der Waals surface area contributed by atoms with Crippen molar-refractivity contribution in [1.29, 1.82) is 0 Å². The number of methoxy groups -OCH3 is 2. The molecule has 5 heteroatoms. The van der Waals surface area contributed by atoms with E-state index in [1.54, 1.807) is 25.3 Å². The SMILES string of the molecule is CO/C=C\C=C/C(O)[C@@H]1O[C@H]1CCCC(=O)OC. The molecule has 1 N–H and O–H groups in total. The molecule has 1 saturated heterocycles. The first kappa shape index (κ1) is 14.7. The van der Waals surface area contributed by atoms with Crippen LogP contribution in [0.2, 0.25) is 0 Å². The van der Waals surface area contributed by atoms with Gasteiger partial charge in [0, 0.05) is 6.42 Å². The fourth-order valence-corrected chi connectivity index (χ4v) is 1.65. The van der Waals surface area contributed by atoms with Crippen molar-refractivity contribution in [3.8, 4) is 0 Å². The minimum absolute atomic E-state index is 0.0423. The number of esters is 1. The standard InChI is InChI=1S/C13H20O5/c1-16-9-4-3-6-10(14)13-11(18-13)7-5-8-12(15)17-2/h3-4,6,9-11,13-14H,5,7-8H2,1-2H3/b6-3-,9-4-/t10?,11-,13-/m0/s1. The van der Waals surface area contributed by atoms with Crippen LogP contribution in [0.4, 0.5) is 0 Å². The van der Waals surface area contributed by atoms with Crippen LogP contribution in [0.5, 0.6) is 0 Å². The molecule has 0 spiro atoms. The van der Waals surface area contributed by atoms with Gasteiger partial charge in [-0.25, -0.2) is 0 Å². The molecule has 5 nitrogen and oxygen atoms in total. The summed E-state index contributed by atoms with van der Waals surface area (Å²) in [6.45, 7) is 0. The van der Waals surface area contributed by atoms with Gasteiger partial charge >= 0.3 is 5.97 Å². The summed E-state index contributed by atoms with van der Waals surface area (Å²) in [5.41, 5.74) is 0. The van der Waals surface area contributed by atoms with Gasteiger partial charge in [0.25, 0.3) is 0 Å². The number of aliphatic hydroxyl groups is 1. The van der Waals surface area contributed by atoms with Gasteiger partial charge in [-0.1, -0.05) is 12.2 Å². The van der Waals surface area contributed by atoms with Crippen LogP contribution in [-0.2, 0) is 19.0 Å². The number of ether oxygens (including phenoxy) is 3. The molecule has 0 amide bonds. The Balaban J connectivity index is 2.13. The van der Waals surface area contributed by atoms with Gasteiger partial charge in [0.15, 0.2) is 0 Å². The van der Waals surface area contributed by atoms with Crippen LogP contribution in [0.1, 0.15) is 19.3 Å². The lowest BCUT2D eigenvalue weighted by molar-refractivity contribution is -0.140. The quantitative estimate of drug-likeness (QED) is 0.305. The molecular formula is C13H20O5. The van der Waals surface area contributed by atoms with E-state index in [2.05, 4.69) is 4.74 Å². The summed E-state index contributed by atoms with van der Waals surface area (Å²) >= 11 is 0. The highest BCUT2D eigenvalue weighted by Crippen LogP contribution is 2.30. The molecule has 1 rings (SSSR count). The second-order valence-electron chi connectivity index (χ2n) is 4.05. The lowest BCUT2D eigenvalue weighted by Crippen LogP contribution is -2.13. The topological polar surface area (TPSA) is 68.3 Å². The van der Waals surface area contributed by atoms with Crippen molar-refractivity contribution in [3.05, 3.63) is 24.5 Å². The fraction of sp³-hybridized carbons (Fsp3) is 0.615. The maximum Gasteiger partial charge on any atom is 0.305 e. The van der Waals surface area contributed by atoms with Gasteiger partial charge < -0.3 is 19.3 Å². The van der Waals surface area contributed by atoms with Gasteiger partial charge in [0.2, 0.25) is 0 Å². The van der Waals surface area contributed by atoms with Crippen molar-refractivity contribution in [2.24, 2.45) is 0 Å². The molecule has 0 aromatic rings. The minimum Gasteiger partial charge on any atom is -0.504 e. The highest BCUT2D eigenvalue weighted by molar-refractivity contribution is 5.68. The van der Waals surface area contributed by atoms with Gasteiger partial charge in [0.1, 0.15) is 12.2 Å². The van der Waals surface area contributed by atoms with Crippen molar-refractivity contribution in [2.75, 3.05) is 14.2 Å². The smallest absolute Gasteiger partial charge is 0.305 e. The third kappa shape index (κ3) is 5.33. The van der Waals surface area contributed by atoms with Gasteiger partial charge in [-0.15, -0.1) is 0 Å². The van der Waals surface area contributed by atoms with Gasteiger partial charge in [-0.3, -0.25) is 4.79 Å². The first-order valence-corrected chi connectivity index (χ1v) is 5.95. The third-order valence-electron chi connectivity index (χ3n) is 2.69. The number of aliphatic hydroxyl groups excluding tert-OH is 1. The highest BCUT2D eigenvalue weighted by Gasteiger charge is 2.42. The zero-order valence-electron chi connectivity index (χ0n) is 10.7. The van der Waals surface area contributed by atoms with Crippen molar-refractivity contribution in [3.63, 3.8) is 0 Å². The molecule has 1 aliphatic rings. The number of hydrogen-bond acceptors (Lipinski definition) is 5. The Bertz CT molecular complexity index is 311. The molecule has 0 aromatic carbocycles. The predicted octanol–water partition coefficient (Wildman–Crippen LogP) is 1.17. The summed E-state index contributed by atoms with van der Waals surface area (Å²) in [5.74, 6) is -0.211. The fourth-order valence-electron chi connectivity index (χ4n) is 1.65. The maximum atomic E-state index is 10.9. The zero-order valence-corrected chi connectivity index (χ0v) is 10.7. The average Bonchev–Trinajstić information content (AvgIpc) is 3.13. The van der Waals surface area contributed by atoms with E-state index in [9.17, 15) is 9.90 Å². The van der Waals surface area contributed by atoms with Crippen LogP contribution in [0.25, 0.3) is 0 Å². The van der Waals surface area contributed by atoms with E-state index in [0.29, 0.717) is 12.8 Å². The molecule has 0 aromatic heterocycles. The first-order valence-electron chi connectivity index (χ1n) is 5.95. The molecule has 1 unspecified atom stereocenters. The molecule has 0 bridgehead atoms. The third-order valence-corrected chi connectivity index (χ3v) is 2.69. The van der Waals surface area contributed by atoms with E-state index in [-0.39, 0.29) is 18.2 Å². The van der Waals surface area contributed by atoms with Gasteiger partial charge in [0.05, 0.1) is 26.6 Å². The van der Waals surface area contributed by atoms with E-state index in [1.807, 2.05) is 0 Å². The normalized spacial score (nSPS) is 24.4. The number of allylic oxidation sites excluding steroid dienone is 2. The summed E-state index contributed by atoms with van der Waals surface area (Å²) in [4.78, 5) is 10.9. The van der Waals surface area contributed by atoms with Crippen LogP contribution >= 0.6 is 0 Å². The maximum absolute atomic E-state index is 10.9. The molecule has 0 aliphatic carbocycles. The summed E-state index contributed by atoms with van der Waals surface area (Å²) in [6, 6.07) is 0. The number of carbonyl (C=O) groups is 1. The predicted molar refractivity (Wildman–Crippen MR) is 65.8 cm³/mol. The molecule has 1 aliphatic heterocycles. The summed E-state index contributed by atoms with van der Waals surface area (Å²) < 4.78 is 14.6. The van der Waals surface area contributed by atoms with Crippen LogP contribution in [0, 0.1) is 0 Å². The van der Waals surface area contributed by atoms with Crippen LogP contribution in [-0.4, -0.2) is 43.6 Å². The van der Waals surface area contributed by atoms with Crippen molar-refractivity contribution >= 4 is 5.97 Å². The average molecular weight is 256 g/mol. The number of hydrogen-bond donors (Lipinski definition) is 1. The van der Waals surface area contributed by atoms with Crippen molar-refractivity contribution in [2.45, 2.75) is 37.6 Å². The highest BCUT2D eigenvalue weighted by atomic mass is 16.6. The summed E-state index contributed by atoms with van der Waals surface area (Å²) in [5, 5.41) is 9.74. The molecule has 18 heavy (non-hydrogen) atoms. The lowest BCUT2D eigenvalue weighted by atomic mass is 10.1. The summed E-state index contributed by atoms with van der Waals surface area (Å²) in [6.07, 6.45) is 7.72. The van der Waals surface area contributed by atoms with Gasteiger partial charge in [-0.2, -0.15) is 0 Å². The largest absolute Gasteiger partial charge is 0.504 e. The second-order valence-corrected chi connectivity index (χ2v) is 4.05. The molecule has 0 radical (unpaired) electrons. The second kappa shape index (κ2) is 7.89. The van der Waals surface area contributed by atoms with Crippen LogP contribution < -0.4 is 0 Å². The summed E-state index contributed by atoms with van der Waals surface area (Å²) in [7, 11) is 2.93. The molecular weight excluding hydrogens is 236 g/mol. The van der Waals surface area contributed by atoms with Crippen LogP contribution in [0.3, 0.4) is 0 Å². The lowest BCUT2D eigenvalue weighted by Gasteiger charge is -2.00. The molecule has 1 fully saturated rings. The Morgan fingerprint density at radius 2 is 2.22 bits per heavy atom. The van der Waals surface area contributed by atoms with E-state index in [0.717, 1.165) is 6.42 Å². The van der Waals surface area contributed by atoms with E-state index >= 15 is 0 Å². The number of epoxide rings is 1. The first-order chi connectivity index (χ1) is 8.69. The Labute approximate surface area is 107 Å². The monoisotopic (exact) mass is 256 g/mol. The van der Waals surface area contributed by atoms with Gasteiger partial charge in [-0.05, 0) is 18.9 Å². The molecule has 0 saturated carbocycles. The van der Waals surface area contributed by atoms with E-state index in [4.69, 9.17) is 9.47 Å². The van der Waals surface area contributed by atoms with Crippen LogP contribution in [0.15, 0.2) is 24.5 Å². The Morgan fingerprint density at radius 3 is 2.89 bits per heavy atom. The minimum atomic E-state index is -0.616. The van der Waals surface area contributed by atoms with E-state index < -0.39 is 6.10 Å². The number of rotatable bonds is 8. The van der Waals surface area contributed by atoms with E-state index in [1.165, 1.54) is 13.4 Å². The Kier molecular flexibility index (Phi) is 6.46. The molecule has 3 atom stereocenters.